The van der Waals surface area contributed by atoms with Gasteiger partial charge in [0.25, 0.3) is 0 Å². The molecule has 2 aliphatic rings. The molecule has 0 spiro atoms. The zero-order valence-electron chi connectivity index (χ0n) is 12.4. The van der Waals surface area contributed by atoms with Gasteiger partial charge in [-0.25, -0.2) is 0 Å². The van der Waals surface area contributed by atoms with Crippen LogP contribution in [-0.4, -0.2) is 47.4 Å². The lowest BCUT2D eigenvalue weighted by Gasteiger charge is -2.43. The Morgan fingerprint density at radius 1 is 1.11 bits per heavy atom. The number of carbonyl (C=O) groups excluding carboxylic acids is 1. The van der Waals surface area contributed by atoms with Crippen molar-refractivity contribution in [3.05, 3.63) is 0 Å². The van der Waals surface area contributed by atoms with Crippen molar-refractivity contribution in [2.75, 3.05) is 26.2 Å². The van der Waals surface area contributed by atoms with Crippen LogP contribution in [0.1, 0.15) is 46.5 Å². The highest BCUT2D eigenvalue weighted by molar-refractivity contribution is 5.86. The van der Waals surface area contributed by atoms with Crippen molar-refractivity contribution >= 4 is 5.91 Å². The predicted octanol–water partition coefficient (Wildman–Crippen LogP) is 2.01. The SMILES string of the molecule is CC(C)(C)N1CCN(C(=O)C2(C#N)CCCC2)CC1. The first-order valence-corrected chi connectivity index (χ1v) is 7.35. The summed E-state index contributed by atoms with van der Waals surface area (Å²) in [7, 11) is 0. The van der Waals surface area contributed by atoms with E-state index in [-0.39, 0.29) is 11.4 Å². The summed E-state index contributed by atoms with van der Waals surface area (Å²) in [5.74, 6) is 0.0843. The maximum Gasteiger partial charge on any atom is 0.243 e. The standard InChI is InChI=1S/C15H25N3O/c1-14(2,3)18-10-8-17(9-11-18)13(19)15(12-16)6-4-5-7-15/h4-11H2,1-3H3. The minimum Gasteiger partial charge on any atom is -0.339 e. The molecule has 4 heteroatoms. The fourth-order valence-corrected chi connectivity index (χ4v) is 3.24. The monoisotopic (exact) mass is 263 g/mol. The largest absolute Gasteiger partial charge is 0.339 e. The summed E-state index contributed by atoms with van der Waals surface area (Å²) in [6, 6.07) is 2.31. The second-order valence-electron chi connectivity index (χ2n) is 6.85. The van der Waals surface area contributed by atoms with Crippen LogP contribution in [0, 0.1) is 16.7 Å². The van der Waals surface area contributed by atoms with Crippen LogP contribution in [0.5, 0.6) is 0 Å². The van der Waals surface area contributed by atoms with Crippen LogP contribution in [0.4, 0.5) is 0 Å². The molecular formula is C15H25N3O. The first-order chi connectivity index (χ1) is 8.89. The van der Waals surface area contributed by atoms with Crippen LogP contribution < -0.4 is 0 Å². The Morgan fingerprint density at radius 3 is 2.05 bits per heavy atom. The van der Waals surface area contributed by atoms with Crippen molar-refractivity contribution in [2.24, 2.45) is 5.41 Å². The van der Waals surface area contributed by atoms with E-state index in [1.54, 1.807) is 0 Å². The van der Waals surface area contributed by atoms with Gasteiger partial charge in [0, 0.05) is 31.7 Å². The van der Waals surface area contributed by atoms with Gasteiger partial charge in [-0.1, -0.05) is 12.8 Å². The average Bonchev–Trinajstić information content (AvgIpc) is 2.87. The molecule has 0 N–H and O–H groups in total. The molecule has 0 atom stereocenters. The Kier molecular flexibility index (Phi) is 3.87. The number of carbonyl (C=O) groups is 1. The molecule has 1 amide bonds. The summed E-state index contributed by atoms with van der Waals surface area (Å²) in [5, 5.41) is 9.39. The van der Waals surface area contributed by atoms with Crippen molar-refractivity contribution < 1.29 is 4.79 Å². The van der Waals surface area contributed by atoms with Crippen LogP contribution in [0.2, 0.25) is 0 Å². The smallest absolute Gasteiger partial charge is 0.243 e. The summed E-state index contributed by atoms with van der Waals surface area (Å²) >= 11 is 0. The van der Waals surface area contributed by atoms with Gasteiger partial charge >= 0.3 is 0 Å². The second kappa shape index (κ2) is 5.13. The molecule has 1 aliphatic carbocycles. The summed E-state index contributed by atoms with van der Waals surface area (Å²) in [6.45, 7) is 9.97. The van der Waals surface area contributed by atoms with Gasteiger partial charge in [0.05, 0.1) is 6.07 Å². The molecule has 2 fully saturated rings. The highest BCUT2D eigenvalue weighted by Gasteiger charge is 2.44. The third kappa shape index (κ3) is 2.76. The molecule has 2 rings (SSSR count). The van der Waals surface area contributed by atoms with Gasteiger partial charge in [-0.15, -0.1) is 0 Å². The first-order valence-electron chi connectivity index (χ1n) is 7.35. The van der Waals surface area contributed by atoms with E-state index in [9.17, 15) is 10.1 Å². The number of nitrogens with zero attached hydrogens (tertiary/aromatic N) is 3. The normalized spacial score (nSPS) is 24.2. The van der Waals surface area contributed by atoms with E-state index in [0.29, 0.717) is 0 Å². The molecule has 0 aromatic carbocycles. The molecule has 1 heterocycles. The lowest BCUT2D eigenvalue weighted by molar-refractivity contribution is -0.141. The summed E-state index contributed by atoms with van der Waals surface area (Å²) < 4.78 is 0. The van der Waals surface area contributed by atoms with E-state index in [2.05, 4.69) is 31.7 Å². The zero-order valence-corrected chi connectivity index (χ0v) is 12.4. The highest BCUT2D eigenvalue weighted by atomic mass is 16.2. The van der Waals surface area contributed by atoms with E-state index < -0.39 is 5.41 Å². The molecular weight excluding hydrogens is 238 g/mol. The van der Waals surface area contributed by atoms with E-state index in [1.807, 2.05) is 4.90 Å². The Hall–Kier alpha value is -1.08. The van der Waals surface area contributed by atoms with Gasteiger partial charge in [-0.3, -0.25) is 9.69 Å². The molecule has 0 aromatic rings. The maximum absolute atomic E-state index is 12.6. The minimum atomic E-state index is -0.704. The quantitative estimate of drug-likeness (QED) is 0.727. The average molecular weight is 263 g/mol. The summed E-state index contributed by atoms with van der Waals surface area (Å²) in [5.41, 5.74) is -0.542. The molecule has 1 aliphatic heterocycles. The van der Waals surface area contributed by atoms with Gasteiger partial charge in [0.2, 0.25) is 5.91 Å². The highest BCUT2D eigenvalue weighted by Crippen LogP contribution is 2.39. The van der Waals surface area contributed by atoms with E-state index >= 15 is 0 Å². The lowest BCUT2D eigenvalue weighted by atomic mass is 9.86. The fourth-order valence-electron chi connectivity index (χ4n) is 3.24. The predicted molar refractivity (Wildman–Crippen MR) is 74.4 cm³/mol. The number of piperazine rings is 1. The Bertz CT molecular complexity index is 377. The van der Waals surface area contributed by atoms with E-state index in [1.165, 1.54) is 0 Å². The molecule has 4 nitrogen and oxygen atoms in total. The van der Waals surface area contributed by atoms with Crippen LogP contribution in [0.25, 0.3) is 0 Å². The first kappa shape index (κ1) is 14.3. The van der Waals surface area contributed by atoms with Gasteiger partial charge in [0.1, 0.15) is 5.41 Å². The van der Waals surface area contributed by atoms with Gasteiger partial charge in [0.15, 0.2) is 0 Å². The fraction of sp³-hybridized carbons (Fsp3) is 0.867. The van der Waals surface area contributed by atoms with Crippen molar-refractivity contribution in [1.82, 2.24) is 9.80 Å². The third-order valence-electron chi connectivity index (χ3n) is 4.60. The van der Waals surface area contributed by atoms with Gasteiger partial charge in [-0.2, -0.15) is 5.26 Å². The van der Waals surface area contributed by atoms with Gasteiger partial charge < -0.3 is 4.90 Å². The number of amides is 1. The van der Waals surface area contributed by atoms with E-state index in [4.69, 9.17) is 0 Å². The third-order valence-corrected chi connectivity index (χ3v) is 4.60. The van der Waals surface area contributed by atoms with Crippen molar-refractivity contribution in [1.29, 1.82) is 5.26 Å². The Morgan fingerprint density at radius 2 is 1.63 bits per heavy atom. The number of nitriles is 1. The molecule has 19 heavy (non-hydrogen) atoms. The molecule has 1 saturated carbocycles. The lowest BCUT2D eigenvalue weighted by Crippen LogP contribution is -2.56. The maximum atomic E-state index is 12.6. The number of hydrogen-bond acceptors (Lipinski definition) is 3. The Labute approximate surface area is 116 Å². The van der Waals surface area contributed by atoms with Crippen molar-refractivity contribution in [3.8, 4) is 6.07 Å². The minimum absolute atomic E-state index is 0.0843. The number of rotatable bonds is 1. The molecule has 0 aromatic heterocycles. The van der Waals surface area contributed by atoms with Crippen LogP contribution in [0.15, 0.2) is 0 Å². The van der Waals surface area contributed by atoms with E-state index in [0.717, 1.165) is 51.9 Å². The zero-order chi connectivity index (χ0) is 14.1. The second-order valence-corrected chi connectivity index (χ2v) is 6.85. The summed E-state index contributed by atoms with van der Waals surface area (Å²) in [6.07, 6.45) is 3.53. The topological polar surface area (TPSA) is 47.3 Å². The van der Waals surface area contributed by atoms with Crippen molar-refractivity contribution in [2.45, 2.75) is 52.0 Å². The molecule has 0 bridgehead atoms. The Balaban J connectivity index is 1.98. The number of hydrogen-bond donors (Lipinski definition) is 0. The molecule has 1 saturated heterocycles. The molecule has 106 valence electrons. The van der Waals surface area contributed by atoms with Gasteiger partial charge in [-0.05, 0) is 33.6 Å². The van der Waals surface area contributed by atoms with Crippen LogP contribution >= 0.6 is 0 Å². The summed E-state index contributed by atoms with van der Waals surface area (Å²) in [4.78, 5) is 16.9. The van der Waals surface area contributed by atoms with Crippen LogP contribution in [0.3, 0.4) is 0 Å². The van der Waals surface area contributed by atoms with Crippen LogP contribution in [-0.2, 0) is 4.79 Å². The van der Waals surface area contributed by atoms with Crippen molar-refractivity contribution in [3.63, 3.8) is 0 Å². The molecule has 0 unspecified atom stereocenters. The molecule has 0 radical (unpaired) electrons.